The van der Waals surface area contributed by atoms with E-state index in [9.17, 15) is 4.79 Å². The summed E-state index contributed by atoms with van der Waals surface area (Å²) in [5, 5.41) is 6.23. The van der Waals surface area contributed by atoms with E-state index >= 15 is 0 Å². The Morgan fingerprint density at radius 1 is 1.50 bits per heavy atom. The van der Waals surface area contributed by atoms with E-state index < -0.39 is 0 Å². The van der Waals surface area contributed by atoms with Crippen LogP contribution in [0.2, 0.25) is 0 Å². The zero-order chi connectivity index (χ0) is 15.1. The number of nitrogens with zero attached hydrogens (tertiary/aromatic N) is 3. The first kappa shape index (κ1) is 16.7. The highest BCUT2D eigenvalue weighted by Gasteiger charge is 2.18. The maximum absolute atomic E-state index is 12.0. The molecule has 0 aromatic carbocycles. The second-order valence-corrected chi connectivity index (χ2v) is 5.39. The SMILES string of the molecule is CCCNc1ncc(Br)c(NC(C)C(=O)N(C)CC)n1. The molecule has 0 aliphatic carbocycles. The average molecular weight is 344 g/mol. The number of aromatic nitrogens is 2. The third kappa shape index (κ3) is 4.63. The van der Waals surface area contributed by atoms with E-state index in [1.165, 1.54) is 0 Å². The second-order valence-electron chi connectivity index (χ2n) is 4.54. The molecule has 1 amide bonds. The summed E-state index contributed by atoms with van der Waals surface area (Å²) >= 11 is 3.39. The van der Waals surface area contributed by atoms with Crippen molar-refractivity contribution < 1.29 is 4.79 Å². The molecule has 7 heteroatoms. The van der Waals surface area contributed by atoms with Crippen LogP contribution >= 0.6 is 15.9 Å². The molecule has 1 aromatic rings. The first-order valence-electron chi connectivity index (χ1n) is 6.77. The number of carbonyl (C=O) groups excluding carboxylic acids is 1. The van der Waals surface area contributed by atoms with Gasteiger partial charge in [-0.05, 0) is 36.2 Å². The van der Waals surface area contributed by atoms with Crippen molar-refractivity contribution in [1.29, 1.82) is 0 Å². The van der Waals surface area contributed by atoms with E-state index in [1.54, 1.807) is 18.1 Å². The summed E-state index contributed by atoms with van der Waals surface area (Å²) in [4.78, 5) is 22.2. The van der Waals surface area contributed by atoms with Crippen LogP contribution in [0.4, 0.5) is 11.8 Å². The molecule has 1 aromatic heterocycles. The van der Waals surface area contributed by atoms with Gasteiger partial charge in [0.05, 0.1) is 4.47 Å². The van der Waals surface area contributed by atoms with Crippen LogP contribution in [0.3, 0.4) is 0 Å². The number of likely N-dealkylation sites (N-methyl/N-ethyl adjacent to an activating group) is 1. The minimum atomic E-state index is -0.342. The predicted molar refractivity (Wildman–Crippen MR) is 84.9 cm³/mol. The number of rotatable bonds is 7. The Hall–Kier alpha value is -1.37. The van der Waals surface area contributed by atoms with Gasteiger partial charge in [-0.2, -0.15) is 4.98 Å². The summed E-state index contributed by atoms with van der Waals surface area (Å²) in [5.74, 6) is 1.20. The lowest BCUT2D eigenvalue weighted by Crippen LogP contribution is -2.39. The van der Waals surface area contributed by atoms with Gasteiger partial charge in [-0.1, -0.05) is 6.92 Å². The van der Waals surface area contributed by atoms with Crippen LogP contribution in [0.1, 0.15) is 27.2 Å². The van der Waals surface area contributed by atoms with Crippen molar-refractivity contribution in [3.8, 4) is 0 Å². The topological polar surface area (TPSA) is 70.2 Å². The quantitative estimate of drug-likeness (QED) is 0.795. The van der Waals surface area contributed by atoms with Gasteiger partial charge >= 0.3 is 0 Å². The van der Waals surface area contributed by atoms with Crippen molar-refractivity contribution in [2.75, 3.05) is 30.8 Å². The number of amides is 1. The summed E-state index contributed by atoms with van der Waals surface area (Å²) in [6.07, 6.45) is 2.67. The predicted octanol–water partition coefficient (Wildman–Crippen LogP) is 2.34. The zero-order valence-corrected chi connectivity index (χ0v) is 14.0. The number of nitrogens with one attached hydrogen (secondary N) is 2. The van der Waals surface area contributed by atoms with Crippen molar-refractivity contribution >= 4 is 33.6 Å². The largest absolute Gasteiger partial charge is 0.358 e. The summed E-state index contributed by atoms with van der Waals surface area (Å²) in [5.41, 5.74) is 0. The maximum atomic E-state index is 12.0. The molecule has 1 atom stereocenters. The van der Waals surface area contributed by atoms with Crippen LogP contribution in [-0.4, -0.2) is 47.0 Å². The smallest absolute Gasteiger partial charge is 0.244 e. The van der Waals surface area contributed by atoms with Crippen molar-refractivity contribution in [3.63, 3.8) is 0 Å². The lowest BCUT2D eigenvalue weighted by atomic mass is 10.3. The van der Waals surface area contributed by atoms with Gasteiger partial charge in [0.1, 0.15) is 11.9 Å². The Balaban J connectivity index is 2.77. The van der Waals surface area contributed by atoms with Crippen molar-refractivity contribution in [2.45, 2.75) is 33.2 Å². The molecule has 0 bridgehead atoms. The van der Waals surface area contributed by atoms with Gasteiger partial charge in [0, 0.05) is 26.3 Å². The van der Waals surface area contributed by atoms with E-state index in [2.05, 4.69) is 43.5 Å². The summed E-state index contributed by atoms with van der Waals surface area (Å²) in [7, 11) is 1.78. The fourth-order valence-corrected chi connectivity index (χ4v) is 1.85. The maximum Gasteiger partial charge on any atom is 0.244 e. The van der Waals surface area contributed by atoms with Gasteiger partial charge in [0.25, 0.3) is 0 Å². The standard InChI is InChI=1S/C13H22BrN5O/c1-5-7-15-13-16-8-10(14)11(18-13)17-9(3)12(20)19(4)6-2/h8-9H,5-7H2,1-4H3,(H2,15,16,17,18). The lowest BCUT2D eigenvalue weighted by molar-refractivity contribution is -0.130. The Bertz CT molecular complexity index is 454. The van der Waals surface area contributed by atoms with Gasteiger partial charge in [-0.15, -0.1) is 0 Å². The molecule has 1 heterocycles. The highest BCUT2D eigenvalue weighted by atomic mass is 79.9. The van der Waals surface area contributed by atoms with E-state index in [1.807, 2.05) is 13.8 Å². The van der Waals surface area contributed by atoms with Crippen LogP contribution in [-0.2, 0) is 4.79 Å². The third-order valence-electron chi connectivity index (χ3n) is 2.85. The molecular weight excluding hydrogens is 322 g/mol. The number of hydrogen-bond acceptors (Lipinski definition) is 5. The van der Waals surface area contributed by atoms with Crippen LogP contribution < -0.4 is 10.6 Å². The molecule has 1 rings (SSSR count). The fraction of sp³-hybridized carbons (Fsp3) is 0.615. The van der Waals surface area contributed by atoms with Gasteiger partial charge in [0.2, 0.25) is 11.9 Å². The van der Waals surface area contributed by atoms with Gasteiger partial charge in [0.15, 0.2) is 0 Å². The summed E-state index contributed by atoms with van der Waals surface area (Å²) < 4.78 is 0.735. The van der Waals surface area contributed by atoms with Crippen molar-refractivity contribution in [1.82, 2.24) is 14.9 Å². The van der Waals surface area contributed by atoms with E-state index in [4.69, 9.17) is 0 Å². The molecule has 112 valence electrons. The summed E-state index contributed by atoms with van der Waals surface area (Å²) in [6, 6.07) is -0.342. The third-order valence-corrected chi connectivity index (χ3v) is 3.43. The van der Waals surface area contributed by atoms with E-state index in [0.29, 0.717) is 18.3 Å². The normalized spacial score (nSPS) is 11.8. The van der Waals surface area contributed by atoms with E-state index in [0.717, 1.165) is 17.4 Å². The molecule has 0 fully saturated rings. The molecule has 0 aliphatic rings. The number of hydrogen-bond donors (Lipinski definition) is 2. The van der Waals surface area contributed by atoms with Crippen LogP contribution in [0, 0.1) is 0 Å². The van der Waals surface area contributed by atoms with Gasteiger partial charge in [-0.3, -0.25) is 4.79 Å². The molecule has 0 radical (unpaired) electrons. The van der Waals surface area contributed by atoms with E-state index in [-0.39, 0.29) is 11.9 Å². The number of halogens is 1. The van der Waals surface area contributed by atoms with Crippen molar-refractivity contribution in [3.05, 3.63) is 10.7 Å². The average Bonchev–Trinajstić information content (AvgIpc) is 2.46. The highest BCUT2D eigenvalue weighted by molar-refractivity contribution is 9.10. The molecule has 6 nitrogen and oxygen atoms in total. The molecule has 0 spiro atoms. The second kappa shape index (κ2) is 8.04. The lowest BCUT2D eigenvalue weighted by Gasteiger charge is -2.21. The zero-order valence-electron chi connectivity index (χ0n) is 12.4. The van der Waals surface area contributed by atoms with Crippen LogP contribution in [0.15, 0.2) is 10.7 Å². The summed E-state index contributed by atoms with van der Waals surface area (Å²) in [6.45, 7) is 7.33. The molecule has 2 N–H and O–H groups in total. The Kier molecular flexibility index (Phi) is 6.70. The number of carbonyl (C=O) groups is 1. The Labute approximate surface area is 128 Å². The monoisotopic (exact) mass is 343 g/mol. The Morgan fingerprint density at radius 3 is 2.80 bits per heavy atom. The minimum Gasteiger partial charge on any atom is -0.358 e. The first-order valence-corrected chi connectivity index (χ1v) is 7.56. The Morgan fingerprint density at radius 2 is 2.20 bits per heavy atom. The van der Waals surface area contributed by atoms with Crippen LogP contribution in [0.25, 0.3) is 0 Å². The minimum absolute atomic E-state index is 0.0288. The van der Waals surface area contributed by atoms with Crippen molar-refractivity contribution in [2.24, 2.45) is 0 Å². The van der Waals surface area contributed by atoms with Crippen LogP contribution in [0.5, 0.6) is 0 Å². The molecule has 0 saturated heterocycles. The molecule has 0 saturated carbocycles. The first-order chi connectivity index (χ1) is 9.49. The molecule has 1 unspecified atom stereocenters. The van der Waals surface area contributed by atoms with Gasteiger partial charge < -0.3 is 15.5 Å². The molecule has 0 aliphatic heterocycles. The fourth-order valence-electron chi connectivity index (χ4n) is 1.54. The molecular formula is C13H22BrN5O. The molecule has 20 heavy (non-hydrogen) atoms. The van der Waals surface area contributed by atoms with Gasteiger partial charge in [-0.25, -0.2) is 4.98 Å². The number of anilines is 2. The highest BCUT2D eigenvalue weighted by Crippen LogP contribution is 2.21.